The molecule has 0 saturated carbocycles. The number of pyridine rings is 1. The lowest BCUT2D eigenvalue weighted by atomic mass is 10.1. The minimum Gasteiger partial charge on any atom is -0.489 e. The van der Waals surface area contributed by atoms with Gasteiger partial charge in [0, 0.05) is 11.2 Å². The van der Waals surface area contributed by atoms with Crippen LogP contribution >= 0.6 is 11.6 Å². The van der Waals surface area contributed by atoms with Crippen LogP contribution in [0.4, 0.5) is 5.82 Å². The lowest BCUT2D eigenvalue weighted by Gasteiger charge is -2.10. The van der Waals surface area contributed by atoms with E-state index in [0.717, 1.165) is 27.5 Å². The minimum absolute atomic E-state index is 0.456. The molecular weight excluding hydrogens is 262 g/mol. The Hall–Kier alpha value is -1.78. The van der Waals surface area contributed by atoms with Gasteiger partial charge in [0.1, 0.15) is 18.2 Å². The Morgan fingerprint density at radius 2 is 1.95 bits per heavy atom. The lowest BCUT2D eigenvalue weighted by molar-refractivity contribution is 0.306. The second-order valence-electron chi connectivity index (χ2n) is 4.35. The molecule has 0 aliphatic carbocycles. The maximum Gasteiger partial charge on any atom is 0.140 e. The molecule has 2 aromatic rings. The SMILES string of the molecule is Cc1cc(OCc2ccnc(NN)c2)cc(C)c1Cl. The number of halogens is 1. The number of benzene rings is 1. The van der Waals surface area contributed by atoms with Crippen LogP contribution in [0.1, 0.15) is 16.7 Å². The van der Waals surface area contributed by atoms with Gasteiger partial charge in [0.25, 0.3) is 0 Å². The monoisotopic (exact) mass is 277 g/mol. The number of hydrogen-bond acceptors (Lipinski definition) is 4. The number of nitrogen functional groups attached to an aromatic ring is 1. The smallest absolute Gasteiger partial charge is 0.140 e. The topological polar surface area (TPSA) is 60.2 Å². The van der Waals surface area contributed by atoms with Crippen LogP contribution in [0.2, 0.25) is 5.02 Å². The molecule has 19 heavy (non-hydrogen) atoms. The van der Waals surface area contributed by atoms with Gasteiger partial charge in [0.2, 0.25) is 0 Å². The van der Waals surface area contributed by atoms with E-state index >= 15 is 0 Å². The Balaban J connectivity index is 2.10. The first-order valence-electron chi connectivity index (χ1n) is 5.91. The molecule has 1 aromatic heterocycles. The maximum atomic E-state index is 6.12. The van der Waals surface area contributed by atoms with Crippen molar-refractivity contribution in [2.75, 3.05) is 5.43 Å². The summed E-state index contributed by atoms with van der Waals surface area (Å²) in [5.74, 6) is 6.73. The fourth-order valence-electron chi connectivity index (χ4n) is 1.80. The third kappa shape index (κ3) is 3.36. The molecule has 5 heteroatoms. The summed E-state index contributed by atoms with van der Waals surface area (Å²) in [5.41, 5.74) is 5.52. The first-order chi connectivity index (χ1) is 9.10. The Kier molecular flexibility index (Phi) is 4.24. The lowest BCUT2D eigenvalue weighted by Crippen LogP contribution is -2.09. The van der Waals surface area contributed by atoms with Gasteiger partial charge in [-0.15, -0.1) is 0 Å². The van der Waals surface area contributed by atoms with E-state index < -0.39 is 0 Å². The maximum absolute atomic E-state index is 6.12. The summed E-state index contributed by atoms with van der Waals surface area (Å²) in [4.78, 5) is 4.04. The van der Waals surface area contributed by atoms with Crippen LogP contribution in [0.15, 0.2) is 30.5 Å². The predicted octanol–water partition coefficient (Wildman–Crippen LogP) is 3.22. The highest BCUT2D eigenvalue weighted by Gasteiger charge is 2.04. The molecule has 0 spiro atoms. The highest BCUT2D eigenvalue weighted by atomic mass is 35.5. The largest absolute Gasteiger partial charge is 0.489 e. The third-order valence-electron chi connectivity index (χ3n) is 2.79. The number of nitrogens with zero attached hydrogens (tertiary/aromatic N) is 1. The zero-order valence-corrected chi connectivity index (χ0v) is 11.7. The van der Waals surface area contributed by atoms with E-state index in [9.17, 15) is 0 Å². The van der Waals surface area contributed by atoms with Crippen LogP contribution in [0.5, 0.6) is 5.75 Å². The first-order valence-corrected chi connectivity index (χ1v) is 6.29. The van der Waals surface area contributed by atoms with E-state index in [1.807, 2.05) is 38.1 Å². The van der Waals surface area contributed by atoms with Crippen molar-refractivity contribution in [2.45, 2.75) is 20.5 Å². The summed E-state index contributed by atoms with van der Waals surface area (Å²) in [6.07, 6.45) is 1.69. The fourth-order valence-corrected chi connectivity index (χ4v) is 1.91. The van der Waals surface area contributed by atoms with Crippen molar-refractivity contribution in [2.24, 2.45) is 5.84 Å². The molecule has 0 aliphatic rings. The molecule has 0 unspecified atom stereocenters. The number of nitrogens with one attached hydrogen (secondary N) is 1. The van der Waals surface area contributed by atoms with Crippen molar-refractivity contribution in [3.63, 3.8) is 0 Å². The molecular formula is C14H16ClN3O. The molecule has 1 heterocycles. The number of aryl methyl sites for hydroxylation is 2. The van der Waals surface area contributed by atoms with Gasteiger partial charge in [-0.05, 0) is 54.8 Å². The normalized spacial score (nSPS) is 10.3. The Morgan fingerprint density at radius 3 is 2.58 bits per heavy atom. The number of hydrazine groups is 1. The van der Waals surface area contributed by atoms with E-state index in [2.05, 4.69) is 10.4 Å². The van der Waals surface area contributed by atoms with Crippen LogP contribution in [0.3, 0.4) is 0 Å². The number of ether oxygens (including phenoxy) is 1. The minimum atomic E-state index is 0.456. The Morgan fingerprint density at radius 1 is 1.26 bits per heavy atom. The van der Waals surface area contributed by atoms with Crippen LogP contribution < -0.4 is 16.0 Å². The molecule has 0 amide bonds. The Labute approximate surface area is 117 Å². The van der Waals surface area contributed by atoms with Crippen LogP contribution in [0, 0.1) is 13.8 Å². The molecule has 0 saturated heterocycles. The summed E-state index contributed by atoms with van der Waals surface area (Å²) in [6, 6.07) is 7.59. The number of nitrogens with two attached hydrogens (primary N) is 1. The number of hydrogen-bond donors (Lipinski definition) is 2. The van der Waals surface area contributed by atoms with Gasteiger partial charge in [0.15, 0.2) is 0 Å². The number of anilines is 1. The van der Waals surface area contributed by atoms with Crippen molar-refractivity contribution in [3.05, 3.63) is 52.2 Å². The van der Waals surface area contributed by atoms with Gasteiger partial charge in [-0.1, -0.05) is 11.6 Å². The zero-order valence-electron chi connectivity index (χ0n) is 10.9. The van der Waals surface area contributed by atoms with E-state index in [-0.39, 0.29) is 0 Å². The number of aromatic nitrogens is 1. The van der Waals surface area contributed by atoms with Gasteiger partial charge in [-0.2, -0.15) is 0 Å². The highest BCUT2D eigenvalue weighted by Crippen LogP contribution is 2.26. The summed E-state index contributed by atoms with van der Waals surface area (Å²) >= 11 is 6.12. The summed E-state index contributed by atoms with van der Waals surface area (Å²) in [7, 11) is 0. The van der Waals surface area contributed by atoms with E-state index in [4.69, 9.17) is 22.2 Å². The van der Waals surface area contributed by atoms with E-state index in [1.165, 1.54) is 0 Å². The molecule has 0 aliphatic heterocycles. The highest BCUT2D eigenvalue weighted by molar-refractivity contribution is 6.32. The van der Waals surface area contributed by atoms with Gasteiger partial charge < -0.3 is 10.2 Å². The van der Waals surface area contributed by atoms with Crippen LogP contribution in [0.25, 0.3) is 0 Å². The van der Waals surface area contributed by atoms with Crippen molar-refractivity contribution in [1.29, 1.82) is 0 Å². The molecule has 2 rings (SSSR count). The van der Waals surface area contributed by atoms with E-state index in [0.29, 0.717) is 12.4 Å². The van der Waals surface area contributed by atoms with Gasteiger partial charge >= 0.3 is 0 Å². The molecule has 0 fully saturated rings. The average Bonchev–Trinajstić information content (AvgIpc) is 2.42. The molecule has 1 aromatic carbocycles. The van der Waals surface area contributed by atoms with Gasteiger partial charge in [-0.3, -0.25) is 0 Å². The molecule has 3 N–H and O–H groups in total. The van der Waals surface area contributed by atoms with Crippen molar-refractivity contribution in [3.8, 4) is 5.75 Å². The first kappa shape index (κ1) is 13.6. The predicted molar refractivity (Wildman–Crippen MR) is 77.3 cm³/mol. The third-order valence-corrected chi connectivity index (χ3v) is 3.38. The number of rotatable bonds is 4. The van der Waals surface area contributed by atoms with E-state index in [1.54, 1.807) is 6.20 Å². The van der Waals surface area contributed by atoms with Gasteiger partial charge in [-0.25, -0.2) is 10.8 Å². The quantitative estimate of drug-likeness (QED) is 0.665. The fraction of sp³-hybridized carbons (Fsp3) is 0.214. The van der Waals surface area contributed by atoms with Gasteiger partial charge in [0.05, 0.1) is 0 Å². The van der Waals surface area contributed by atoms with Crippen LogP contribution in [-0.4, -0.2) is 4.98 Å². The Bertz CT molecular complexity index is 564. The summed E-state index contributed by atoms with van der Waals surface area (Å²) in [6.45, 7) is 4.38. The second kappa shape index (κ2) is 5.91. The summed E-state index contributed by atoms with van der Waals surface area (Å²) in [5, 5.41) is 0.783. The molecule has 0 radical (unpaired) electrons. The van der Waals surface area contributed by atoms with Crippen molar-refractivity contribution >= 4 is 17.4 Å². The molecule has 0 atom stereocenters. The summed E-state index contributed by atoms with van der Waals surface area (Å²) < 4.78 is 5.75. The van der Waals surface area contributed by atoms with Crippen molar-refractivity contribution in [1.82, 2.24) is 4.98 Å². The van der Waals surface area contributed by atoms with Crippen LogP contribution in [-0.2, 0) is 6.61 Å². The zero-order chi connectivity index (χ0) is 13.8. The second-order valence-corrected chi connectivity index (χ2v) is 4.73. The standard InChI is InChI=1S/C14H16ClN3O/c1-9-5-12(6-10(2)14(9)15)19-8-11-3-4-17-13(7-11)18-16/h3-7H,8,16H2,1-2H3,(H,17,18). The average molecular weight is 278 g/mol. The molecule has 4 nitrogen and oxygen atoms in total. The molecule has 0 bridgehead atoms. The molecule has 100 valence electrons. The van der Waals surface area contributed by atoms with Crippen molar-refractivity contribution < 1.29 is 4.74 Å².